The number of aryl methyl sites for hydroxylation is 2. The first kappa shape index (κ1) is 20.2. The maximum atomic E-state index is 12.4. The third-order valence-corrected chi connectivity index (χ3v) is 5.61. The topological polar surface area (TPSA) is 64.9 Å². The molecule has 28 heavy (non-hydrogen) atoms. The molecule has 0 aliphatic heterocycles. The largest absolute Gasteiger partial charge is 0.383 e. The van der Waals surface area contributed by atoms with Crippen molar-refractivity contribution in [3.63, 3.8) is 0 Å². The maximum absolute atomic E-state index is 12.4. The molecule has 4 nitrogen and oxygen atoms in total. The molecule has 1 atom stereocenters. The fourth-order valence-electron chi connectivity index (χ4n) is 3.48. The maximum Gasteiger partial charge on any atom is 0.267 e. The minimum absolute atomic E-state index is 0.0549. The Morgan fingerprint density at radius 3 is 2.57 bits per heavy atom. The van der Waals surface area contributed by atoms with Crippen LogP contribution < -0.4 is 10.6 Å². The van der Waals surface area contributed by atoms with Crippen molar-refractivity contribution >= 4 is 27.5 Å². The van der Waals surface area contributed by atoms with Gasteiger partial charge in [-0.2, -0.15) is 5.26 Å². The van der Waals surface area contributed by atoms with E-state index in [2.05, 4.69) is 51.7 Å². The van der Waals surface area contributed by atoms with E-state index >= 15 is 0 Å². The van der Waals surface area contributed by atoms with Crippen molar-refractivity contribution in [2.24, 2.45) is 0 Å². The van der Waals surface area contributed by atoms with Crippen molar-refractivity contribution in [3.8, 4) is 6.07 Å². The number of rotatable bonds is 6. The van der Waals surface area contributed by atoms with Crippen LogP contribution in [0.2, 0.25) is 0 Å². The van der Waals surface area contributed by atoms with Gasteiger partial charge in [-0.1, -0.05) is 41.1 Å². The van der Waals surface area contributed by atoms with Crippen molar-refractivity contribution in [2.45, 2.75) is 45.1 Å². The highest BCUT2D eigenvalue weighted by Crippen LogP contribution is 2.26. The Morgan fingerprint density at radius 1 is 1.18 bits per heavy atom. The van der Waals surface area contributed by atoms with Gasteiger partial charge in [-0.3, -0.25) is 4.79 Å². The molecule has 0 bridgehead atoms. The van der Waals surface area contributed by atoms with E-state index in [9.17, 15) is 10.1 Å². The summed E-state index contributed by atoms with van der Waals surface area (Å²) in [7, 11) is 0. The molecule has 0 radical (unpaired) electrons. The fourth-order valence-corrected chi connectivity index (χ4v) is 3.75. The molecule has 0 saturated heterocycles. The molecule has 5 heteroatoms. The Balaban J connectivity index is 1.70. The number of nitriles is 1. The average Bonchev–Trinajstić information content (AvgIpc) is 2.72. The number of fused-ring (bicyclic) bond motifs is 1. The van der Waals surface area contributed by atoms with Crippen molar-refractivity contribution in [2.75, 3.05) is 5.32 Å². The summed E-state index contributed by atoms with van der Waals surface area (Å²) in [5, 5.41) is 15.4. The number of carbonyl (C=O) groups is 1. The van der Waals surface area contributed by atoms with E-state index in [1.807, 2.05) is 18.2 Å². The fraction of sp³-hybridized carbons (Fsp3) is 0.304. The summed E-state index contributed by atoms with van der Waals surface area (Å²) in [6, 6.07) is 16.0. The molecule has 1 unspecified atom stereocenters. The Kier molecular flexibility index (Phi) is 6.89. The third-order valence-electron chi connectivity index (χ3n) is 5.08. The Morgan fingerprint density at radius 2 is 1.89 bits per heavy atom. The molecule has 2 N–H and O–H groups in total. The van der Waals surface area contributed by atoms with Crippen LogP contribution in [-0.4, -0.2) is 5.91 Å². The van der Waals surface area contributed by atoms with Crippen LogP contribution in [0.25, 0.3) is 0 Å². The quantitative estimate of drug-likeness (QED) is 0.468. The van der Waals surface area contributed by atoms with Gasteiger partial charge in [0.05, 0.1) is 6.04 Å². The summed E-state index contributed by atoms with van der Waals surface area (Å²) in [6.07, 6.45) is 7.20. The summed E-state index contributed by atoms with van der Waals surface area (Å²) in [5.41, 5.74) is 4.79. The molecular weight excluding hydrogens is 414 g/mol. The molecule has 0 heterocycles. The van der Waals surface area contributed by atoms with Gasteiger partial charge in [0, 0.05) is 16.4 Å². The lowest BCUT2D eigenvalue weighted by atomic mass is 9.89. The first-order valence-corrected chi connectivity index (χ1v) is 10.4. The highest BCUT2D eigenvalue weighted by Gasteiger charge is 2.15. The molecule has 2 aromatic carbocycles. The van der Waals surface area contributed by atoms with Crippen LogP contribution in [0.1, 0.15) is 48.9 Å². The highest BCUT2D eigenvalue weighted by molar-refractivity contribution is 9.10. The zero-order chi connectivity index (χ0) is 19.9. The minimum Gasteiger partial charge on any atom is -0.383 e. The number of benzene rings is 2. The summed E-state index contributed by atoms with van der Waals surface area (Å²) in [4.78, 5) is 12.4. The average molecular weight is 438 g/mol. The summed E-state index contributed by atoms with van der Waals surface area (Å²) in [6.45, 7) is 2.10. The lowest BCUT2D eigenvalue weighted by Gasteiger charge is -2.21. The molecule has 3 rings (SSSR count). The van der Waals surface area contributed by atoms with Gasteiger partial charge < -0.3 is 10.6 Å². The van der Waals surface area contributed by atoms with Gasteiger partial charge in [0.2, 0.25) is 0 Å². The van der Waals surface area contributed by atoms with Crippen molar-refractivity contribution in [1.29, 1.82) is 5.26 Å². The Labute approximate surface area is 174 Å². The van der Waals surface area contributed by atoms with Crippen molar-refractivity contribution < 1.29 is 4.79 Å². The van der Waals surface area contributed by atoms with Crippen LogP contribution in [0.5, 0.6) is 0 Å². The highest BCUT2D eigenvalue weighted by atomic mass is 79.9. The van der Waals surface area contributed by atoms with Gasteiger partial charge in [0.15, 0.2) is 0 Å². The molecule has 0 saturated carbocycles. The summed E-state index contributed by atoms with van der Waals surface area (Å²) >= 11 is 3.36. The van der Waals surface area contributed by atoms with Gasteiger partial charge in [-0.05, 0) is 73.1 Å². The standard InChI is InChI=1S/C23H24BrN3O/c1-2-22(18-8-7-16-5-3-4-6-17(16)13-18)26-15-19(14-25)23(28)27-21-11-9-20(24)10-12-21/h7-13,15,22,26H,2-6H2,1H3,(H,27,28)/b19-15-. The lowest BCUT2D eigenvalue weighted by molar-refractivity contribution is -0.112. The summed E-state index contributed by atoms with van der Waals surface area (Å²) in [5.74, 6) is -0.419. The van der Waals surface area contributed by atoms with E-state index in [0.29, 0.717) is 5.69 Å². The minimum atomic E-state index is -0.419. The van der Waals surface area contributed by atoms with Gasteiger partial charge in [0.1, 0.15) is 11.6 Å². The van der Waals surface area contributed by atoms with Crippen LogP contribution in [0.15, 0.2) is 58.7 Å². The second-order valence-corrected chi connectivity index (χ2v) is 7.91. The number of nitrogens with one attached hydrogen (secondary N) is 2. The number of anilines is 1. The van der Waals surface area contributed by atoms with Crippen LogP contribution in [0, 0.1) is 11.3 Å². The van der Waals surface area contributed by atoms with Gasteiger partial charge in [-0.15, -0.1) is 0 Å². The van der Waals surface area contributed by atoms with Crippen LogP contribution in [0.3, 0.4) is 0 Å². The number of hydrogen-bond donors (Lipinski definition) is 2. The monoisotopic (exact) mass is 437 g/mol. The number of hydrogen-bond acceptors (Lipinski definition) is 3. The van der Waals surface area contributed by atoms with E-state index in [1.54, 1.807) is 12.1 Å². The van der Waals surface area contributed by atoms with Gasteiger partial charge >= 0.3 is 0 Å². The number of carbonyl (C=O) groups excluding carboxylic acids is 1. The predicted molar refractivity (Wildman–Crippen MR) is 116 cm³/mol. The van der Waals surface area contributed by atoms with E-state index in [-0.39, 0.29) is 11.6 Å². The van der Waals surface area contributed by atoms with Gasteiger partial charge in [0.25, 0.3) is 5.91 Å². The molecule has 0 spiro atoms. The first-order valence-electron chi connectivity index (χ1n) is 9.65. The van der Waals surface area contributed by atoms with Crippen LogP contribution in [-0.2, 0) is 17.6 Å². The Hall–Kier alpha value is -2.58. The zero-order valence-electron chi connectivity index (χ0n) is 16.0. The first-order chi connectivity index (χ1) is 13.6. The zero-order valence-corrected chi connectivity index (χ0v) is 17.6. The second kappa shape index (κ2) is 9.57. The van der Waals surface area contributed by atoms with E-state index in [0.717, 1.165) is 23.7 Å². The molecule has 144 valence electrons. The second-order valence-electron chi connectivity index (χ2n) is 6.99. The molecule has 0 fully saturated rings. The molecule has 1 amide bonds. The molecule has 0 aromatic heterocycles. The van der Waals surface area contributed by atoms with E-state index in [4.69, 9.17) is 0 Å². The Bertz CT molecular complexity index is 912. The lowest BCUT2D eigenvalue weighted by Crippen LogP contribution is -2.20. The number of amides is 1. The smallest absolute Gasteiger partial charge is 0.267 e. The van der Waals surface area contributed by atoms with Gasteiger partial charge in [-0.25, -0.2) is 0 Å². The van der Waals surface area contributed by atoms with Crippen molar-refractivity contribution in [1.82, 2.24) is 5.32 Å². The van der Waals surface area contributed by atoms with Crippen molar-refractivity contribution in [3.05, 3.63) is 75.4 Å². The predicted octanol–water partition coefficient (Wildman–Crippen LogP) is 5.41. The third kappa shape index (κ3) is 5.02. The molecule has 1 aliphatic rings. The van der Waals surface area contributed by atoms with Crippen LogP contribution in [0.4, 0.5) is 5.69 Å². The number of halogens is 1. The molecular formula is C23H24BrN3O. The summed E-state index contributed by atoms with van der Waals surface area (Å²) < 4.78 is 0.930. The number of nitrogens with zero attached hydrogens (tertiary/aromatic N) is 1. The SMILES string of the molecule is CCC(N/C=C(/C#N)C(=O)Nc1ccc(Br)cc1)c1ccc2c(c1)CCCC2. The molecule has 1 aliphatic carbocycles. The van der Waals surface area contributed by atoms with E-state index in [1.165, 1.54) is 35.7 Å². The van der Waals surface area contributed by atoms with E-state index < -0.39 is 5.91 Å². The normalized spacial score (nSPS) is 14.5. The molecule has 2 aromatic rings. The van der Waals surface area contributed by atoms with Crippen LogP contribution >= 0.6 is 15.9 Å².